The Bertz CT molecular complexity index is 439. The van der Waals surface area contributed by atoms with Crippen molar-refractivity contribution in [1.82, 2.24) is 10.2 Å². The highest BCUT2D eigenvalue weighted by Crippen LogP contribution is 2.15. The van der Waals surface area contributed by atoms with Crippen molar-refractivity contribution in [2.45, 2.75) is 19.4 Å². The van der Waals surface area contributed by atoms with Crippen LogP contribution in [0, 0.1) is 5.82 Å². The van der Waals surface area contributed by atoms with Gasteiger partial charge in [0.15, 0.2) is 11.6 Å². The van der Waals surface area contributed by atoms with E-state index in [1.165, 1.54) is 6.07 Å². The van der Waals surface area contributed by atoms with Gasteiger partial charge in [-0.15, -0.1) is 0 Å². The Balaban J connectivity index is 1.79. The fourth-order valence-electron chi connectivity index (χ4n) is 2.17. The number of piperazine rings is 1. The highest BCUT2D eigenvalue weighted by Gasteiger charge is 2.22. The Hall–Kier alpha value is -1.62. The minimum Gasteiger partial charge on any atom is -0.490 e. The predicted octanol–water partition coefficient (Wildman–Crippen LogP) is 1.41. The first-order valence-corrected chi connectivity index (χ1v) is 6.56. The third-order valence-corrected chi connectivity index (χ3v) is 3.23. The smallest absolute Gasteiger partial charge is 0.226 e. The summed E-state index contributed by atoms with van der Waals surface area (Å²) >= 11 is 0. The molecule has 0 radical (unpaired) electrons. The molecule has 5 heteroatoms. The monoisotopic (exact) mass is 266 g/mol. The molecule has 1 atom stereocenters. The fraction of sp³-hybridized carbons (Fsp3) is 0.500. The van der Waals surface area contributed by atoms with E-state index < -0.39 is 5.82 Å². The number of carbonyl (C=O) groups excluding carboxylic acids is 1. The van der Waals surface area contributed by atoms with E-state index in [0.717, 1.165) is 19.6 Å². The number of rotatable bonds is 4. The van der Waals surface area contributed by atoms with Gasteiger partial charge in [-0.25, -0.2) is 4.39 Å². The van der Waals surface area contributed by atoms with Gasteiger partial charge in [0.25, 0.3) is 0 Å². The molecule has 1 aromatic rings. The van der Waals surface area contributed by atoms with E-state index in [1.807, 2.05) is 11.8 Å². The minimum absolute atomic E-state index is 0.0605. The summed E-state index contributed by atoms with van der Waals surface area (Å²) in [6.07, 6.45) is 0.276. The van der Waals surface area contributed by atoms with Crippen LogP contribution in [0.2, 0.25) is 0 Å². The molecular weight excluding hydrogens is 247 g/mol. The van der Waals surface area contributed by atoms with Crippen LogP contribution in [0.3, 0.4) is 0 Å². The topological polar surface area (TPSA) is 41.6 Å². The van der Waals surface area contributed by atoms with Gasteiger partial charge in [0.05, 0.1) is 13.0 Å². The molecule has 1 aliphatic heterocycles. The number of nitrogens with one attached hydrogen (secondary N) is 1. The Labute approximate surface area is 112 Å². The maximum absolute atomic E-state index is 13.3. The molecule has 0 bridgehead atoms. The van der Waals surface area contributed by atoms with E-state index in [4.69, 9.17) is 4.74 Å². The first kappa shape index (κ1) is 13.8. The van der Waals surface area contributed by atoms with Crippen LogP contribution in [0.5, 0.6) is 5.75 Å². The number of hydrogen-bond donors (Lipinski definition) is 1. The molecule has 104 valence electrons. The summed E-state index contributed by atoms with van der Waals surface area (Å²) < 4.78 is 18.6. The lowest BCUT2D eigenvalue weighted by molar-refractivity contribution is -0.134. The Kier molecular flexibility index (Phi) is 4.74. The Morgan fingerprint density at radius 2 is 2.32 bits per heavy atom. The van der Waals surface area contributed by atoms with Gasteiger partial charge in [-0.1, -0.05) is 12.1 Å². The number of ether oxygens (including phenoxy) is 1. The molecule has 4 nitrogen and oxygen atoms in total. The molecule has 1 amide bonds. The van der Waals surface area contributed by atoms with Gasteiger partial charge in [-0.2, -0.15) is 0 Å². The third-order valence-electron chi connectivity index (χ3n) is 3.23. The van der Waals surface area contributed by atoms with Crippen molar-refractivity contribution in [2.24, 2.45) is 0 Å². The number of carbonyl (C=O) groups is 1. The van der Waals surface area contributed by atoms with Crippen LogP contribution in [0.15, 0.2) is 24.3 Å². The zero-order chi connectivity index (χ0) is 13.7. The largest absolute Gasteiger partial charge is 0.490 e. The van der Waals surface area contributed by atoms with E-state index in [9.17, 15) is 9.18 Å². The molecule has 2 rings (SSSR count). The molecule has 0 aliphatic carbocycles. The van der Waals surface area contributed by atoms with Crippen LogP contribution in [0.1, 0.15) is 13.3 Å². The second-order valence-corrected chi connectivity index (χ2v) is 4.67. The molecular formula is C14H19FN2O2. The summed E-state index contributed by atoms with van der Waals surface area (Å²) in [5, 5.41) is 3.23. The maximum atomic E-state index is 13.3. The average molecular weight is 266 g/mol. The van der Waals surface area contributed by atoms with Crippen molar-refractivity contribution >= 4 is 5.91 Å². The molecule has 1 aliphatic rings. The van der Waals surface area contributed by atoms with Crippen LogP contribution in [0.25, 0.3) is 0 Å². The van der Waals surface area contributed by atoms with E-state index >= 15 is 0 Å². The van der Waals surface area contributed by atoms with Crippen molar-refractivity contribution in [3.8, 4) is 5.75 Å². The standard InChI is InChI=1S/C14H19FN2O2/c1-11-10-16-7-8-17(11)14(18)6-9-19-13-5-3-2-4-12(13)15/h2-5,11,16H,6-10H2,1H3/t11-/m0/s1. The lowest BCUT2D eigenvalue weighted by atomic mass is 10.2. The summed E-state index contributed by atoms with van der Waals surface area (Å²) in [6, 6.07) is 6.42. The quantitative estimate of drug-likeness (QED) is 0.896. The summed E-state index contributed by atoms with van der Waals surface area (Å²) in [6.45, 7) is 4.59. The van der Waals surface area contributed by atoms with Crippen molar-refractivity contribution in [3.63, 3.8) is 0 Å². The zero-order valence-electron chi connectivity index (χ0n) is 11.1. The van der Waals surface area contributed by atoms with Gasteiger partial charge in [0.1, 0.15) is 0 Å². The van der Waals surface area contributed by atoms with Gasteiger partial charge in [0.2, 0.25) is 5.91 Å². The molecule has 0 saturated carbocycles. The SMILES string of the molecule is C[C@H]1CNCCN1C(=O)CCOc1ccccc1F. The van der Waals surface area contributed by atoms with Gasteiger partial charge in [0, 0.05) is 25.7 Å². The average Bonchev–Trinajstić information content (AvgIpc) is 2.41. The summed E-state index contributed by atoms with van der Waals surface area (Å²) in [4.78, 5) is 13.9. The number of amides is 1. The van der Waals surface area contributed by atoms with Gasteiger partial charge in [-0.3, -0.25) is 4.79 Å². The number of nitrogens with zero attached hydrogens (tertiary/aromatic N) is 1. The molecule has 1 fully saturated rings. The van der Waals surface area contributed by atoms with E-state index in [-0.39, 0.29) is 30.7 Å². The van der Waals surface area contributed by atoms with Crippen LogP contribution in [-0.4, -0.2) is 43.1 Å². The normalized spacial score (nSPS) is 19.3. The zero-order valence-corrected chi connectivity index (χ0v) is 11.1. The van der Waals surface area contributed by atoms with E-state index in [2.05, 4.69) is 5.32 Å². The number of benzene rings is 1. The summed E-state index contributed by atoms with van der Waals surface area (Å²) in [5.41, 5.74) is 0. The maximum Gasteiger partial charge on any atom is 0.226 e. The second-order valence-electron chi connectivity index (χ2n) is 4.67. The summed E-state index contributed by atoms with van der Waals surface area (Å²) in [5.74, 6) is -0.139. The van der Waals surface area contributed by atoms with E-state index in [1.54, 1.807) is 18.2 Å². The van der Waals surface area contributed by atoms with Crippen molar-refractivity contribution < 1.29 is 13.9 Å². The van der Waals surface area contributed by atoms with Crippen molar-refractivity contribution in [1.29, 1.82) is 0 Å². The van der Waals surface area contributed by atoms with Gasteiger partial charge in [-0.05, 0) is 19.1 Å². The minimum atomic E-state index is -0.398. The molecule has 1 aromatic carbocycles. The molecule has 19 heavy (non-hydrogen) atoms. The Morgan fingerprint density at radius 1 is 1.53 bits per heavy atom. The predicted molar refractivity (Wildman–Crippen MR) is 70.6 cm³/mol. The molecule has 1 saturated heterocycles. The van der Waals surface area contributed by atoms with Gasteiger partial charge >= 0.3 is 0 Å². The van der Waals surface area contributed by atoms with Gasteiger partial charge < -0.3 is 15.0 Å². The number of para-hydroxylation sites is 1. The summed E-state index contributed by atoms with van der Waals surface area (Å²) in [7, 11) is 0. The van der Waals surface area contributed by atoms with E-state index in [0.29, 0.717) is 0 Å². The first-order valence-electron chi connectivity index (χ1n) is 6.56. The molecule has 1 heterocycles. The van der Waals surface area contributed by atoms with Crippen LogP contribution in [-0.2, 0) is 4.79 Å². The first-order chi connectivity index (χ1) is 9.18. The van der Waals surface area contributed by atoms with Crippen molar-refractivity contribution in [3.05, 3.63) is 30.1 Å². The molecule has 1 N–H and O–H groups in total. The third kappa shape index (κ3) is 3.67. The van der Waals surface area contributed by atoms with Crippen molar-refractivity contribution in [2.75, 3.05) is 26.2 Å². The Morgan fingerprint density at radius 3 is 3.05 bits per heavy atom. The molecule has 0 spiro atoms. The lowest BCUT2D eigenvalue weighted by Gasteiger charge is -2.34. The number of hydrogen-bond acceptors (Lipinski definition) is 3. The molecule has 0 aromatic heterocycles. The number of halogens is 1. The molecule has 0 unspecified atom stereocenters. The second kappa shape index (κ2) is 6.52. The fourth-order valence-corrected chi connectivity index (χ4v) is 2.17. The lowest BCUT2D eigenvalue weighted by Crippen LogP contribution is -2.52. The van der Waals surface area contributed by atoms with Crippen LogP contribution >= 0.6 is 0 Å². The van der Waals surface area contributed by atoms with Crippen LogP contribution < -0.4 is 10.1 Å². The van der Waals surface area contributed by atoms with Crippen LogP contribution in [0.4, 0.5) is 4.39 Å². The highest BCUT2D eigenvalue weighted by atomic mass is 19.1. The highest BCUT2D eigenvalue weighted by molar-refractivity contribution is 5.76.